The van der Waals surface area contributed by atoms with Gasteiger partial charge in [0.1, 0.15) is 0 Å². The molecule has 1 aliphatic heterocycles. The molecule has 2 fully saturated rings. The highest BCUT2D eigenvalue weighted by molar-refractivity contribution is 5.79. The zero-order valence-corrected chi connectivity index (χ0v) is 7.33. The molecule has 1 amide bonds. The van der Waals surface area contributed by atoms with Gasteiger partial charge in [-0.05, 0) is 19.3 Å². The van der Waals surface area contributed by atoms with Crippen LogP contribution in [0.15, 0.2) is 0 Å². The molecule has 0 spiro atoms. The van der Waals surface area contributed by atoms with Gasteiger partial charge in [0, 0.05) is 25.0 Å². The van der Waals surface area contributed by atoms with Gasteiger partial charge in [-0.3, -0.25) is 4.79 Å². The van der Waals surface area contributed by atoms with Crippen molar-refractivity contribution in [3.8, 4) is 0 Å². The minimum Gasteiger partial charge on any atom is -0.341 e. The Hall–Kier alpha value is -0.570. The molecule has 1 saturated heterocycles. The summed E-state index contributed by atoms with van der Waals surface area (Å²) in [6.07, 6.45) is 4.42. The lowest BCUT2D eigenvalue weighted by Gasteiger charge is -2.28. The first-order valence-corrected chi connectivity index (χ1v) is 4.82. The van der Waals surface area contributed by atoms with E-state index in [2.05, 4.69) is 0 Å². The monoisotopic (exact) mass is 168 g/mol. The molecule has 68 valence electrons. The highest BCUT2D eigenvalue weighted by atomic mass is 16.2. The Morgan fingerprint density at radius 3 is 2.50 bits per heavy atom. The fourth-order valence-electron chi connectivity index (χ4n) is 1.90. The van der Waals surface area contributed by atoms with Gasteiger partial charge in [-0.25, -0.2) is 0 Å². The Morgan fingerprint density at radius 1 is 1.33 bits per heavy atom. The third-order valence-corrected chi connectivity index (χ3v) is 2.99. The molecule has 1 heterocycles. The molecule has 2 N–H and O–H groups in total. The summed E-state index contributed by atoms with van der Waals surface area (Å²) < 4.78 is 0. The van der Waals surface area contributed by atoms with Gasteiger partial charge in [0.05, 0.1) is 0 Å². The molecule has 1 aliphatic carbocycles. The maximum absolute atomic E-state index is 11.6. The minimum atomic E-state index is 0.231. The average molecular weight is 168 g/mol. The van der Waals surface area contributed by atoms with E-state index >= 15 is 0 Å². The van der Waals surface area contributed by atoms with Gasteiger partial charge in [-0.1, -0.05) is 6.42 Å². The lowest BCUT2D eigenvalue weighted by molar-refractivity contribution is -0.137. The SMILES string of the molecule is NC1CCN(C(=O)C2CCC2)C1. The summed E-state index contributed by atoms with van der Waals surface area (Å²) in [7, 11) is 0. The van der Waals surface area contributed by atoms with E-state index in [0.29, 0.717) is 11.8 Å². The predicted octanol–water partition coefficient (Wildman–Crippen LogP) is 0.346. The number of rotatable bonds is 1. The van der Waals surface area contributed by atoms with Gasteiger partial charge >= 0.3 is 0 Å². The summed E-state index contributed by atoms with van der Waals surface area (Å²) in [5.41, 5.74) is 5.73. The molecule has 3 nitrogen and oxygen atoms in total. The number of nitrogens with zero attached hydrogens (tertiary/aromatic N) is 1. The van der Waals surface area contributed by atoms with Crippen molar-refractivity contribution < 1.29 is 4.79 Å². The zero-order valence-electron chi connectivity index (χ0n) is 7.33. The molecule has 1 unspecified atom stereocenters. The lowest BCUT2D eigenvalue weighted by atomic mass is 9.84. The Kier molecular flexibility index (Phi) is 2.05. The summed E-state index contributed by atoms with van der Waals surface area (Å²) in [4.78, 5) is 13.6. The van der Waals surface area contributed by atoms with Crippen molar-refractivity contribution in [2.75, 3.05) is 13.1 Å². The lowest BCUT2D eigenvalue weighted by Crippen LogP contribution is -2.38. The summed E-state index contributed by atoms with van der Waals surface area (Å²) >= 11 is 0. The van der Waals surface area contributed by atoms with Crippen LogP contribution in [0.2, 0.25) is 0 Å². The van der Waals surface area contributed by atoms with Crippen molar-refractivity contribution in [3.05, 3.63) is 0 Å². The molecule has 0 radical (unpaired) electrons. The molecule has 12 heavy (non-hydrogen) atoms. The first-order chi connectivity index (χ1) is 5.77. The number of carbonyl (C=O) groups is 1. The quantitative estimate of drug-likeness (QED) is 0.614. The zero-order chi connectivity index (χ0) is 8.55. The van der Waals surface area contributed by atoms with Crippen molar-refractivity contribution in [2.24, 2.45) is 11.7 Å². The van der Waals surface area contributed by atoms with Crippen molar-refractivity contribution in [2.45, 2.75) is 31.7 Å². The van der Waals surface area contributed by atoms with E-state index in [0.717, 1.165) is 32.4 Å². The fourth-order valence-corrected chi connectivity index (χ4v) is 1.90. The van der Waals surface area contributed by atoms with E-state index in [1.807, 2.05) is 4.90 Å². The molecule has 0 aromatic carbocycles. The van der Waals surface area contributed by atoms with E-state index in [1.165, 1.54) is 6.42 Å². The van der Waals surface area contributed by atoms with Gasteiger partial charge in [-0.2, -0.15) is 0 Å². The summed E-state index contributed by atoms with van der Waals surface area (Å²) in [6, 6.07) is 0.231. The molecule has 3 heteroatoms. The van der Waals surface area contributed by atoms with Crippen LogP contribution in [0, 0.1) is 5.92 Å². The maximum Gasteiger partial charge on any atom is 0.225 e. The van der Waals surface area contributed by atoms with E-state index < -0.39 is 0 Å². The molecule has 1 atom stereocenters. The van der Waals surface area contributed by atoms with Crippen LogP contribution >= 0.6 is 0 Å². The van der Waals surface area contributed by atoms with Crippen LogP contribution < -0.4 is 5.73 Å². The van der Waals surface area contributed by atoms with Gasteiger partial charge < -0.3 is 10.6 Å². The molecular formula is C9H16N2O. The van der Waals surface area contributed by atoms with Crippen molar-refractivity contribution in [1.82, 2.24) is 4.90 Å². The van der Waals surface area contributed by atoms with Crippen LogP contribution in [0.5, 0.6) is 0 Å². The van der Waals surface area contributed by atoms with Crippen LogP contribution in [0.3, 0.4) is 0 Å². The van der Waals surface area contributed by atoms with Crippen LogP contribution in [0.4, 0.5) is 0 Å². The van der Waals surface area contributed by atoms with E-state index in [9.17, 15) is 4.79 Å². The molecule has 0 bridgehead atoms. The number of hydrogen-bond acceptors (Lipinski definition) is 2. The first-order valence-electron chi connectivity index (χ1n) is 4.82. The predicted molar refractivity (Wildman–Crippen MR) is 46.5 cm³/mol. The van der Waals surface area contributed by atoms with Crippen LogP contribution in [0.25, 0.3) is 0 Å². The average Bonchev–Trinajstić information content (AvgIpc) is 2.31. The van der Waals surface area contributed by atoms with Gasteiger partial charge in [0.25, 0.3) is 0 Å². The number of likely N-dealkylation sites (tertiary alicyclic amines) is 1. The van der Waals surface area contributed by atoms with Crippen molar-refractivity contribution in [1.29, 1.82) is 0 Å². The molecule has 2 rings (SSSR count). The molecule has 0 aromatic rings. The second kappa shape index (κ2) is 3.05. The van der Waals surface area contributed by atoms with E-state index in [-0.39, 0.29) is 6.04 Å². The Balaban J connectivity index is 1.87. The number of amides is 1. The molecular weight excluding hydrogens is 152 g/mol. The summed E-state index contributed by atoms with van der Waals surface area (Å²) in [5, 5.41) is 0. The van der Waals surface area contributed by atoms with Crippen LogP contribution in [-0.4, -0.2) is 29.9 Å². The number of carbonyl (C=O) groups excluding carboxylic acids is 1. The smallest absolute Gasteiger partial charge is 0.225 e. The largest absolute Gasteiger partial charge is 0.341 e. The fraction of sp³-hybridized carbons (Fsp3) is 0.889. The highest BCUT2D eigenvalue weighted by Crippen LogP contribution is 2.29. The standard InChI is InChI=1S/C9H16N2O/c10-8-4-5-11(6-8)9(12)7-2-1-3-7/h7-8H,1-6,10H2. The van der Waals surface area contributed by atoms with Gasteiger partial charge in [0.15, 0.2) is 0 Å². The van der Waals surface area contributed by atoms with Crippen molar-refractivity contribution >= 4 is 5.91 Å². The summed E-state index contributed by atoms with van der Waals surface area (Å²) in [6.45, 7) is 1.67. The second-order valence-electron chi connectivity index (χ2n) is 3.96. The maximum atomic E-state index is 11.6. The minimum absolute atomic E-state index is 0.231. The Labute approximate surface area is 72.9 Å². The molecule has 1 saturated carbocycles. The van der Waals surface area contributed by atoms with Crippen molar-refractivity contribution in [3.63, 3.8) is 0 Å². The Morgan fingerprint density at radius 2 is 2.08 bits per heavy atom. The van der Waals surface area contributed by atoms with Crippen LogP contribution in [-0.2, 0) is 4.79 Å². The molecule has 0 aromatic heterocycles. The molecule has 2 aliphatic rings. The van der Waals surface area contributed by atoms with Crippen LogP contribution in [0.1, 0.15) is 25.7 Å². The number of hydrogen-bond donors (Lipinski definition) is 1. The third kappa shape index (κ3) is 1.33. The summed E-state index contributed by atoms with van der Waals surface area (Å²) in [5.74, 6) is 0.699. The topological polar surface area (TPSA) is 46.3 Å². The van der Waals surface area contributed by atoms with Gasteiger partial charge in [0.2, 0.25) is 5.91 Å². The highest BCUT2D eigenvalue weighted by Gasteiger charge is 2.32. The number of nitrogens with two attached hydrogens (primary N) is 1. The Bertz CT molecular complexity index is 189. The second-order valence-corrected chi connectivity index (χ2v) is 3.96. The first kappa shape index (κ1) is 8.05. The third-order valence-electron chi connectivity index (χ3n) is 2.99. The van der Waals surface area contributed by atoms with Gasteiger partial charge in [-0.15, -0.1) is 0 Å². The normalized spacial score (nSPS) is 30.4. The van der Waals surface area contributed by atoms with E-state index in [1.54, 1.807) is 0 Å². The van der Waals surface area contributed by atoms with E-state index in [4.69, 9.17) is 5.73 Å².